The molecule has 8 heavy (non-hydrogen) atoms. The van der Waals surface area contributed by atoms with Crippen molar-refractivity contribution in [3.05, 3.63) is 24.2 Å². The number of nitrogens with two attached hydrogens (primary N) is 1. The summed E-state index contributed by atoms with van der Waals surface area (Å²) in [6.07, 6.45) is 1.66. The predicted octanol–water partition coefficient (Wildman–Crippen LogP) is 0.358. The number of hydrogen-bond donors (Lipinski definition) is 1. The van der Waals surface area contributed by atoms with Crippen LogP contribution in [0.5, 0.6) is 0 Å². The van der Waals surface area contributed by atoms with Crippen LogP contribution >= 0.6 is 0 Å². The van der Waals surface area contributed by atoms with Crippen molar-refractivity contribution in [3.8, 4) is 0 Å². The van der Waals surface area contributed by atoms with Gasteiger partial charge in [-0.15, -0.1) is 0 Å². The predicted molar refractivity (Wildman–Crippen MR) is 32.4 cm³/mol. The van der Waals surface area contributed by atoms with Gasteiger partial charge in [-0.3, -0.25) is 0 Å². The second-order valence-electron chi connectivity index (χ2n) is 1.46. The van der Waals surface area contributed by atoms with E-state index >= 15 is 0 Å². The fraction of sp³-hybridized carbons (Fsp3) is 0.200. The molecular formula is C5H7NOSi. The van der Waals surface area contributed by atoms with E-state index < -0.39 is 0 Å². The maximum Gasteiger partial charge on any atom is 0.144 e. The van der Waals surface area contributed by atoms with Crippen LogP contribution in [0, 0.1) is 0 Å². The standard InChI is InChI=1S/C5H7NOSi/c6-8-4-5-2-1-3-7-5/h1-3H,4,6H2. The highest BCUT2D eigenvalue weighted by atomic mass is 28.2. The summed E-state index contributed by atoms with van der Waals surface area (Å²) in [6, 6.07) is 4.67. The fourth-order valence-electron chi connectivity index (χ4n) is 0.514. The van der Waals surface area contributed by atoms with Gasteiger partial charge in [0.05, 0.1) is 6.26 Å². The van der Waals surface area contributed by atoms with E-state index in [1.54, 1.807) is 6.26 Å². The summed E-state index contributed by atoms with van der Waals surface area (Å²) >= 11 is 0. The summed E-state index contributed by atoms with van der Waals surface area (Å²) in [5.74, 6) is 0.978. The average molecular weight is 125 g/mol. The van der Waals surface area contributed by atoms with Crippen LogP contribution in [0.15, 0.2) is 22.8 Å². The average Bonchev–Trinajstić information content (AvgIpc) is 2.19. The first-order valence-corrected chi connectivity index (χ1v) is 3.68. The van der Waals surface area contributed by atoms with Crippen molar-refractivity contribution in [1.82, 2.24) is 0 Å². The van der Waals surface area contributed by atoms with Gasteiger partial charge in [0, 0.05) is 6.04 Å². The van der Waals surface area contributed by atoms with E-state index in [4.69, 9.17) is 9.82 Å². The van der Waals surface area contributed by atoms with Gasteiger partial charge in [0.25, 0.3) is 0 Å². The third kappa shape index (κ3) is 1.21. The van der Waals surface area contributed by atoms with Crippen LogP contribution in [0.2, 0.25) is 0 Å². The summed E-state index contributed by atoms with van der Waals surface area (Å²) in [5.41, 5.74) is 0. The molecule has 0 amide bonds. The molecule has 1 heterocycles. The lowest BCUT2D eigenvalue weighted by molar-refractivity contribution is 0.528. The second-order valence-corrected chi connectivity index (χ2v) is 2.22. The molecule has 0 saturated heterocycles. The molecule has 3 heteroatoms. The Hall–Kier alpha value is -0.543. The van der Waals surface area contributed by atoms with Gasteiger partial charge in [-0.1, -0.05) is 0 Å². The van der Waals surface area contributed by atoms with E-state index in [0.717, 1.165) is 11.8 Å². The maximum absolute atomic E-state index is 5.29. The largest absolute Gasteiger partial charge is 0.470 e. The van der Waals surface area contributed by atoms with Crippen LogP contribution < -0.4 is 5.40 Å². The molecule has 0 aliphatic rings. The summed E-state index contributed by atoms with van der Waals surface area (Å²) in [6.45, 7) is 0. The lowest BCUT2D eigenvalue weighted by atomic mass is 10.5. The second kappa shape index (κ2) is 2.69. The molecule has 0 aliphatic carbocycles. The van der Waals surface area contributed by atoms with Crippen LogP contribution in [0.3, 0.4) is 0 Å². The molecule has 1 rings (SSSR count). The first-order chi connectivity index (χ1) is 3.93. The van der Waals surface area contributed by atoms with E-state index in [0.29, 0.717) is 9.68 Å². The van der Waals surface area contributed by atoms with Gasteiger partial charge in [0.2, 0.25) is 0 Å². The molecule has 0 spiro atoms. The Morgan fingerprint density at radius 3 is 3.12 bits per heavy atom. The zero-order valence-corrected chi connectivity index (χ0v) is 5.42. The van der Waals surface area contributed by atoms with Gasteiger partial charge in [0.15, 0.2) is 0 Å². The normalized spacial score (nSPS) is 9.62. The highest BCUT2D eigenvalue weighted by Crippen LogP contribution is 1.97. The quantitative estimate of drug-likeness (QED) is 0.579. The molecule has 0 aliphatic heterocycles. The smallest absolute Gasteiger partial charge is 0.144 e. The molecule has 0 bridgehead atoms. The minimum Gasteiger partial charge on any atom is -0.470 e. The van der Waals surface area contributed by atoms with E-state index in [-0.39, 0.29) is 0 Å². The Morgan fingerprint density at radius 2 is 2.62 bits per heavy atom. The van der Waals surface area contributed by atoms with Crippen LogP contribution in [0.1, 0.15) is 5.76 Å². The zero-order chi connectivity index (χ0) is 5.82. The number of rotatable bonds is 2. The molecule has 2 nitrogen and oxygen atoms in total. The first-order valence-electron chi connectivity index (χ1n) is 2.39. The molecule has 0 atom stereocenters. The molecule has 42 valence electrons. The van der Waals surface area contributed by atoms with Crippen molar-refractivity contribution in [2.45, 2.75) is 6.04 Å². The van der Waals surface area contributed by atoms with Crippen LogP contribution in [-0.4, -0.2) is 9.68 Å². The van der Waals surface area contributed by atoms with Gasteiger partial charge < -0.3 is 9.82 Å². The van der Waals surface area contributed by atoms with Gasteiger partial charge in [-0.2, -0.15) is 0 Å². The highest BCUT2D eigenvalue weighted by molar-refractivity contribution is 6.30. The monoisotopic (exact) mass is 125 g/mol. The van der Waals surface area contributed by atoms with E-state index in [9.17, 15) is 0 Å². The number of hydrogen-bond acceptors (Lipinski definition) is 2. The SMILES string of the molecule is N[Si]Cc1ccco1. The van der Waals surface area contributed by atoms with Gasteiger partial charge in [-0.25, -0.2) is 0 Å². The van der Waals surface area contributed by atoms with E-state index in [1.165, 1.54) is 0 Å². The van der Waals surface area contributed by atoms with Gasteiger partial charge >= 0.3 is 0 Å². The molecule has 0 aromatic carbocycles. The van der Waals surface area contributed by atoms with Crippen molar-refractivity contribution < 1.29 is 4.42 Å². The zero-order valence-electron chi connectivity index (χ0n) is 4.42. The molecule has 2 N–H and O–H groups in total. The minimum atomic E-state index is 0.458. The van der Waals surface area contributed by atoms with Gasteiger partial charge in [0.1, 0.15) is 15.4 Å². The molecular weight excluding hydrogens is 118 g/mol. The highest BCUT2D eigenvalue weighted by Gasteiger charge is 1.90. The summed E-state index contributed by atoms with van der Waals surface area (Å²) in [7, 11) is 0.458. The van der Waals surface area contributed by atoms with E-state index in [2.05, 4.69) is 0 Å². The van der Waals surface area contributed by atoms with Crippen molar-refractivity contribution in [3.63, 3.8) is 0 Å². The lowest BCUT2D eigenvalue weighted by Crippen LogP contribution is -2.07. The van der Waals surface area contributed by atoms with E-state index in [1.807, 2.05) is 12.1 Å². The molecule has 0 saturated carbocycles. The molecule has 1 aromatic rings. The molecule has 0 fully saturated rings. The fourth-order valence-corrected chi connectivity index (χ4v) is 0.916. The van der Waals surface area contributed by atoms with Crippen molar-refractivity contribution in [2.75, 3.05) is 0 Å². The first kappa shape index (κ1) is 5.59. The van der Waals surface area contributed by atoms with Crippen LogP contribution in [0.25, 0.3) is 0 Å². The summed E-state index contributed by atoms with van der Waals surface area (Å²) in [5, 5.41) is 5.29. The third-order valence-electron chi connectivity index (χ3n) is 0.856. The summed E-state index contributed by atoms with van der Waals surface area (Å²) in [4.78, 5) is 0. The third-order valence-corrected chi connectivity index (χ3v) is 1.41. The maximum atomic E-state index is 5.29. The summed E-state index contributed by atoms with van der Waals surface area (Å²) < 4.78 is 5.00. The van der Waals surface area contributed by atoms with Crippen molar-refractivity contribution in [1.29, 1.82) is 0 Å². The van der Waals surface area contributed by atoms with Crippen molar-refractivity contribution >= 4 is 9.68 Å². The Morgan fingerprint density at radius 1 is 1.75 bits per heavy atom. The topological polar surface area (TPSA) is 39.2 Å². The minimum absolute atomic E-state index is 0.458. The van der Waals surface area contributed by atoms with Crippen LogP contribution in [0.4, 0.5) is 0 Å². The Balaban J connectivity index is 2.50. The molecule has 1 aromatic heterocycles. The molecule has 0 unspecified atom stereocenters. The van der Waals surface area contributed by atoms with Crippen molar-refractivity contribution in [2.24, 2.45) is 5.40 Å². The number of furan rings is 1. The Bertz CT molecular complexity index is 138. The van der Waals surface area contributed by atoms with Crippen LogP contribution in [-0.2, 0) is 6.04 Å². The Kier molecular flexibility index (Phi) is 1.88. The Labute approximate surface area is 50.6 Å². The lowest BCUT2D eigenvalue weighted by Gasteiger charge is -1.84. The van der Waals surface area contributed by atoms with Gasteiger partial charge in [-0.05, 0) is 12.1 Å². The molecule has 2 radical (unpaired) electrons.